The maximum Gasteiger partial charge on any atom is 0.341 e. The number of nitrogens with zero attached hydrogens (tertiary/aromatic N) is 2. The number of para-hydroxylation sites is 1. The van der Waals surface area contributed by atoms with Crippen molar-refractivity contribution in [1.82, 2.24) is 9.78 Å². The molecular formula is C18H15FN2O2. The Labute approximate surface area is 133 Å². The molecule has 0 amide bonds. The van der Waals surface area contributed by atoms with Crippen LogP contribution in [0.5, 0.6) is 0 Å². The molecule has 0 spiro atoms. The van der Waals surface area contributed by atoms with Crippen LogP contribution in [0.15, 0.2) is 60.8 Å². The fourth-order valence-electron chi connectivity index (χ4n) is 2.29. The highest BCUT2D eigenvalue weighted by atomic mass is 19.1. The zero-order valence-corrected chi connectivity index (χ0v) is 12.6. The van der Waals surface area contributed by atoms with Gasteiger partial charge in [0.2, 0.25) is 0 Å². The van der Waals surface area contributed by atoms with Gasteiger partial charge in [-0.3, -0.25) is 0 Å². The molecule has 0 aliphatic carbocycles. The molecule has 0 unspecified atom stereocenters. The van der Waals surface area contributed by atoms with Crippen LogP contribution < -0.4 is 0 Å². The van der Waals surface area contributed by atoms with E-state index in [1.54, 1.807) is 23.7 Å². The van der Waals surface area contributed by atoms with Gasteiger partial charge in [-0.2, -0.15) is 5.10 Å². The lowest BCUT2D eigenvalue weighted by Gasteiger charge is -2.06. The molecule has 23 heavy (non-hydrogen) atoms. The lowest BCUT2D eigenvalue weighted by Crippen LogP contribution is -2.07. The molecule has 0 atom stereocenters. The SMILES string of the molecule is Cc1c(C(=O)OCc2cccc(F)c2)cnn1-c1ccccc1. The molecule has 0 saturated heterocycles. The van der Waals surface area contributed by atoms with E-state index >= 15 is 0 Å². The van der Waals surface area contributed by atoms with Crippen molar-refractivity contribution in [2.45, 2.75) is 13.5 Å². The summed E-state index contributed by atoms with van der Waals surface area (Å²) in [6, 6.07) is 15.5. The van der Waals surface area contributed by atoms with Crippen LogP contribution in [0.1, 0.15) is 21.6 Å². The predicted molar refractivity (Wildman–Crippen MR) is 83.8 cm³/mol. The molecular weight excluding hydrogens is 295 g/mol. The van der Waals surface area contributed by atoms with Crippen LogP contribution in [-0.4, -0.2) is 15.7 Å². The number of carbonyl (C=O) groups is 1. The Hall–Kier alpha value is -2.95. The molecule has 5 heteroatoms. The van der Waals surface area contributed by atoms with Crippen LogP contribution in [0.2, 0.25) is 0 Å². The van der Waals surface area contributed by atoms with Crippen molar-refractivity contribution in [3.05, 3.63) is 83.4 Å². The maximum atomic E-state index is 13.1. The van der Waals surface area contributed by atoms with Crippen molar-refractivity contribution in [2.24, 2.45) is 0 Å². The van der Waals surface area contributed by atoms with Crippen LogP contribution in [0.4, 0.5) is 4.39 Å². The summed E-state index contributed by atoms with van der Waals surface area (Å²) in [6.07, 6.45) is 1.48. The van der Waals surface area contributed by atoms with Gasteiger partial charge in [0, 0.05) is 0 Å². The number of carbonyl (C=O) groups excluding carboxylic acids is 1. The topological polar surface area (TPSA) is 44.1 Å². The van der Waals surface area contributed by atoms with Gasteiger partial charge in [-0.15, -0.1) is 0 Å². The largest absolute Gasteiger partial charge is 0.457 e. The molecule has 0 radical (unpaired) electrons. The quantitative estimate of drug-likeness (QED) is 0.691. The van der Waals surface area contributed by atoms with Crippen molar-refractivity contribution in [1.29, 1.82) is 0 Å². The Morgan fingerprint density at radius 2 is 1.96 bits per heavy atom. The van der Waals surface area contributed by atoms with Gasteiger partial charge >= 0.3 is 5.97 Å². The van der Waals surface area contributed by atoms with E-state index in [2.05, 4.69) is 5.10 Å². The number of halogens is 1. The second-order valence-corrected chi connectivity index (χ2v) is 5.10. The number of esters is 1. The first kappa shape index (κ1) is 15.0. The zero-order valence-electron chi connectivity index (χ0n) is 12.6. The first-order valence-corrected chi connectivity index (χ1v) is 7.17. The highest BCUT2D eigenvalue weighted by molar-refractivity contribution is 5.90. The van der Waals surface area contributed by atoms with Gasteiger partial charge in [0.1, 0.15) is 18.0 Å². The van der Waals surface area contributed by atoms with Crippen LogP contribution >= 0.6 is 0 Å². The third-order valence-corrected chi connectivity index (χ3v) is 3.49. The minimum atomic E-state index is -0.478. The first-order valence-electron chi connectivity index (χ1n) is 7.17. The van der Waals surface area contributed by atoms with Gasteiger partial charge < -0.3 is 4.74 Å². The van der Waals surface area contributed by atoms with Gasteiger partial charge in [-0.05, 0) is 36.8 Å². The van der Waals surface area contributed by atoms with Gasteiger partial charge in [-0.1, -0.05) is 30.3 Å². The average molecular weight is 310 g/mol. The maximum absolute atomic E-state index is 13.1. The molecule has 116 valence electrons. The molecule has 0 aliphatic rings. The van der Waals surface area contributed by atoms with Crippen molar-refractivity contribution in [2.75, 3.05) is 0 Å². The number of benzene rings is 2. The summed E-state index contributed by atoms with van der Waals surface area (Å²) in [5.74, 6) is -0.833. The second-order valence-electron chi connectivity index (χ2n) is 5.10. The minimum absolute atomic E-state index is 0.0204. The fourth-order valence-corrected chi connectivity index (χ4v) is 2.29. The monoisotopic (exact) mass is 310 g/mol. The van der Waals surface area contributed by atoms with Crippen LogP contribution in [-0.2, 0) is 11.3 Å². The molecule has 3 aromatic rings. The van der Waals surface area contributed by atoms with Crippen molar-refractivity contribution < 1.29 is 13.9 Å². The Kier molecular flexibility index (Phi) is 4.19. The molecule has 0 fully saturated rings. The van der Waals surface area contributed by atoms with E-state index in [1.807, 2.05) is 30.3 Å². The Morgan fingerprint density at radius 1 is 1.17 bits per heavy atom. The molecule has 2 aromatic carbocycles. The van der Waals surface area contributed by atoms with Gasteiger partial charge in [0.05, 0.1) is 17.6 Å². The fraction of sp³-hybridized carbons (Fsp3) is 0.111. The number of ether oxygens (including phenoxy) is 1. The third kappa shape index (κ3) is 3.29. The molecule has 3 rings (SSSR count). The molecule has 4 nitrogen and oxygen atoms in total. The number of rotatable bonds is 4. The summed E-state index contributed by atoms with van der Waals surface area (Å²) in [5.41, 5.74) is 2.56. The van der Waals surface area contributed by atoms with Crippen LogP contribution in [0, 0.1) is 12.7 Å². The highest BCUT2D eigenvalue weighted by Crippen LogP contribution is 2.15. The average Bonchev–Trinajstić information content (AvgIpc) is 2.95. The van der Waals surface area contributed by atoms with Crippen molar-refractivity contribution in [3.63, 3.8) is 0 Å². The van der Waals surface area contributed by atoms with E-state index in [4.69, 9.17) is 4.74 Å². The predicted octanol–water partition coefficient (Wildman–Crippen LogP) is 3.68. The normalized spacial score (nSPS) is 10.5. The van der Waals surface area contributed by atoms with E-state index in [-0.39, 0.29) is 12.4 Å². The van der Waals surface area contributed by atoms with Gasteiger partial charge in [0.15, 0.2) is 0 Å². The summed E-state index contributed by atoms with van der Waals surface area (Å²) >= 11 is 0. The lowest BCUT2D eigenvalue weighted by molar-refractivity contribution is 0.0471. The smallest absolute Gasteiger partial charge is 0.341 e. The van der Waals surface area contributed by atoms with E-state index in [1.165, 1.54) is 18.3 Å². The summed E-state index contributed by atoms with van der Waals surface area (Å²) in [6.45, 7) is 1.82. The van der Waals surface area contributed by atoms with E-state index < -0.39 is 5.97 Å². The summed E-state index contributed by atoms with van der Waals surface area (Å²) < 4.78 is 20.0. The summed E-state index contributed by atoms with van der Waals surface area (Å²) in [4.78, 5) is 12.2. The van der Waals surface area contributed by atoms with Crippen molar-refractivity contribution in [3.8, 4) is 5.69 Å². The Bertz CT molecular complexity index is 828. The third-order valence-electron chi connectivity index (χ3n) is 3.49. The summed E-state index contributed by atoms with van der Waals surface area (Å²) in [7, 11) is 0. The second kappa shape index (κ2) is 6.44. The minimum Gasteiger partial charge on any atom is -0.457 e. The number of aromatic nitrogens is 2. The van der Waals surface area contributed by atoms with E-state index in [9.17, 15) is 9.18 Å². The first-order chi connectivity index (χ1) is 11.1. The molecule has 0 saturated carbocycles. The molecule has 1 aromatic heterocycles. The van der Waals surface area contributed by atoms with Crippen LogP contribution in [0.25, 0.3) is 5.69 Å². The Balaban J connectivity index is 1.75. The van der Waals surface area contributed by atoms with Gasteiger partial charge in [0.25, 0.3) is 0 Å². The number of hydrogen-bond acceptors (Lipinski definition) is 3. The van der Waals surface area contributed by atoms with E-state index in [0.717, 1.165) is 5.69 Å². The molecule has 1 heterocycles. The molecule has 0 bridgehead atoms. The van der Waals surface area contributed by atoms with Crippen molar-refractivity contribution >= 4 is 5.97 Å². The Morgan fingerprint density at radius 3 is 2.70 bits per heavy atom. The molecule has 0 N–H and O–H groups in total. The van der Waals surface area contributed by atoms with E-state index in [0.29, 0.717) is 16.8 Å². The summed E-state index contributed by atoms with van der Waals surface area (Å²) in [5, 5.41) is 4.23. The zero-order chi connectivity index (χ0) is 16.2. The number of hydrogen-bond donors (Lipinski definition) is 0. The highest BCUT2D eigenvalue weighted by Gasteiger charge is 2.16. The van der Waals surface area contributed by atoms with Gasteiger partial charge in [-0.25, -0.2) is 13.9 Å². The van der Waals surface area contributed by atoms with Crippen LogP contribution in [0.3, 0.4) is 0 Å². The standard InChI is InChI=1S/C18H15FN2O2/c1-13-17(11-20-21(13)16-8-3-2-4-9-16)18(22)23-12-14-6-5-7-15(19)10-14/h2-11H,12H2,1H3. The lowest BCUT2D eigenvalue weighted by atomic mass is 10.2. The molecule has 0 aliphatic heterocycles.